The third kappa shape index (κ3) is 4.90. The van der Waals surface area contributed by atoms with Gasteiger partial charge in [-0.05, 0) is 25.0 Å². The number of amides is 1. The summed E-state index contributed by atoms with van der Waals surface area (Å²) in [4.78, 5) is 16.2. The highest BCUT2D eigenvalue weighted by Gasteiger charge is 2.28. The minimum absolute atomic E-state index is 0.0891. The quantitative estimate of drug-likeness (QED) is 0.872. The van der Waals surface area contributed by atoms with Gasteiger partial charge in [0, 0.05) is 26.2 Å². The number of hydrogen-bond acceptors (Lipinski definition) is 5. The van der Waals surface area contributed by atoms with Crippen LogP contribution in [0.5, 0.6) is 5.75 Å². The lowest BCUT2D eigenvalue weighted by molar-refractivity contribution is -0.136. The zero-order valence-corrected chi connectivity index (χ0v) is 14.3. The number of hydrogen-bond donors (Lipinski definition) is 1. The van der Waals surface area contributed by atoms with Crippen LogP contribution in [0.25, 0.3) is 0 Å². The summed E-state index contributed by atoms with van der Waals surface area (Å²) in [6.45, 7) is 4.02. The number of carbonyl (C=O) groups is 1. The molecule has 2 aliphatic rings. The van der Waals surface area contributed by atoms with Gasteiger partial charge in [0.15, 0.2) is 11.6 Å². The first kappa shape index (κ1) is 18.1. The Kier molecular flexibility index (Phi) is 6.23. The smallest absolute Gasteiger partial charge is 0.236 e. The number of morpholine rings is 1. The highest BCUT2D eigenvalue weighted by molar-refractivity contribution is 5.78. The van der Waals surface area contributed by atoms with E-state index in [1.807, 2.05) is 9.80 Å². The topological polar surface area (TPSA) is 62.2 Å². The van der Waals surface area contributed by atoms with E-state index in [4.69, 9.17) is 9.47 Å². The molecule has 7 heteroatoms. The lowest BCUT2D eigenvalue weighted by Gasteiger charge is -2.29. The molecule has 2 atom stereocenters. The second-order valence-corrected chi connectivity index (χ2v) is 6.50. The molecular formula is C18H25FN2O4. The average Bonchev–Trinajstić information content (AvgIpc) is 2.80. The van der Waals surface area contributed by atoms with Crippen LogP contribution in [0, 0.1) is 5.82 Å². The highest BCUT2D eigenvalue weighted by atomic mass is 19.1. The van der Waals surface area contributed by atoms with Crippen LogP contribution in [0.3, 0.4) is 0 Å². The minimum atomic E-state index is -0.678. The number of ether oxygens (including phenoxy) is 2. The Balaban J connectivity index is 1.53. The van der Waals surface area contributed by atoms with Crippen LogP contribution in [0.15, 0.2) is 24.3 Å². The largest absolute Gasteiger partial charge is 0.485 e. The molecule has 1 aromatic carbocycles. The Labute approximate surface area is 147 Å². The fraction of sp³-hybridized carbons (Fsp3) is 0.611. The summed E-state index contributed by atoms with van der Waals surface area (Å²) in [7, 11) is 0. The second kappa shape index (κ2) is 8.60. The monoisotopic (exact) mass is 352 g/mol. The van der Waals surface area contributed by atoms with Crippen molar-refractivity contribution in [1.29, 1.82) is 0 Å². The van der Waals surface area contributed by atoms with E-state index in [0.29, 0.717) is 58.8 Å². The van der Waals surface area contributed by atoms with Crippen molar-refractivity contribution in [3.05, 3.63) is 30.1 Å². The van der Waals surface area contributed by atoms with Crippen LogP contribution in [-0.2, 0) is 9.53 Å². The van der Waals surface area contributed by atoms with Gasteiger partial charge in [-0.15, -0.1) is 0 Å². The average molecular weight is 352 g/mol. The summed E-state index contributed by atoms with van der Waals surface area (Å²) in [6.07, 6.45) is -0.106. The summed E-state index contributed by atoms with van der Waals surface area (Å²) < 4.78 is 24.7. The molecule has 2 saturated heterocycles. The molecule has 2 aliphatic heterocycles. The van der Waals surface area contributed by atoms with Gasteiger partial charge in [0.25, 0.3) is 0 Å². The van der Waals surface area contributed by atoms with Gasteiger partial charge in [-0.3, -0.25) is 9.69 Å². The Morgan fingerprint density at radius 3 is 2.68 bits per heavy atom. The van der Waals surface area contributed by atoms with E-state index in [1.165, 1.54) is 6.07 Å². The van der Waals surface area contributed by atoms with Crippen LogP contribution in [-0.4, -0.2) is 79.0 Å². The molecule has 0 aliphatic carbocycles. The molecule has 1 N–H and O–H groups in total. The first-order valence-corrected chi connectivity index (χ1v) is 8.80. The van der Waals surface area contributed by atoms with E-state index >= 15 is 0 Å². The molecule has 0 spiro atoms. The Morgan fingerprint density at radius 1 is 1.20 bits per heavy atom. The standard InChI is InChI=1S/C18H25FN2O4/c19-14-3-1-2-4-16(14)25-17-6-8-20(7-5-15(17)22)13-18(23)21-9-11-24-12-10-21/h1-4,15,17,22H,5-13H2/t15-,17-/m0/s1. The van der Waals surface area contributed by atoms with Crippen molar-refractivity contribution in [2.45, 2.75) is 25.0 Å². The number of para-hydroxylation sites is 1. The molecule has 3 rings (SSSR count). The van der Waals surface area contributed by atoms with E-state index in [2.05, 4.69) is 0 Å². The van der Waals surface area contributed by atoms with Crippen LogP contribution < -0.4 is 4.74 Å². The third-order valence-corrected chi connectivity index (χ3v) is 4.74. The zero-order chi connectivity index (χ0) is 17.6. The number of carbonyl (C=O) groups excluding carboxylic acids is 1. The summed E-state index contributed by atoms with van der Waals surface area (Å²) in [6, 6.07) is 6.21. The Hall–Kier alpha value is -1.70. The van der Waals surface area contributed by atoms with Crippen molar-refractivity contribution < 1.29 is 23.8 Å². The molecule has 25 heavy (non-hydrogen) atoms. The lowest BCUT2D eigenvalue weighted by Crippen LogP contribution is -2.46. The molecule has 2 fully saturated rings. The van der Waals surface area contributed by atoms with Crippen LogP contribution in [0.1, 0.15) is 12.8 Å². The van der Waals surface area contributed by atoms with E-state index in [9.17, 15) is 14.3 Å². The number of rotatable bonds is 4. The maximum absolute atomic E-state index is 13.8. The van der Waals surface area contributed by atoms with Crippen molar-refractivity contribution in [2.75, 3.05) is 45.9 Å². The van der Waals surface area contributed by atoms with E-state index in [-0.39, 0.29) is 11.7 Å². The van der Waals surface area contributed by atoms with Crippen molar-refractivity contribution >= 4 is 5.91 Å². The van der Waals surface area contributed by atoms with Crippen molar-refractivity contribution in [2.24, 2.45) is 0 Å². The predicted molar refractivity (Wildman–Crippen MR) is 89.9 cm³/mol. The lowest BCUT2D eigenvalue weighted by atomic mass is 10.1. The van der Waals surface area contributed by atoms with Gasteiger partial charge < -0.3 is 19.5 Å². The molecule has 138 valence electrons. The molecule has 0 saturated carbocycles. The molecule has 2 heterocycles. The molecule has 1 amide bonds. The van der Waals surface area contributed by atoms with Crippen molar-refractivity contribution in [1.82, 2.24) is 9.80 Å². The fourth-order valence-corrected chi connectivity index (χ4v) is 3.22. The highest BCUT2D eigenvalue weighted by Crippen LogP contribution is 2.22. The summed E-state index contributed by atoms with van der Waals surface area (Å²) >= 11 is 0. The number of likely N-dealkylation sites (tertiary alicyclic amines) is 1. The maximum Gasteiger partial charge on any atom is 0.236 e. The first-order valence-electron chi connectivity index (χ1n) is 8.80. The summed E-state index contributed by atoms with van der Waals surface area (Å²) in [5.41, 5.74) is 0. The van der Waals surface area contributed by atoms with Crippen LogP contribution in [0.4, 0.5) is 4.39 Å². The van der Waals surface area contributed by atoms with Gasteiger partial charge in [0.2, 0.25) is 5.91 Å². The number of aliphatic hydroxyl groups excluding tert-OH is 1. The molecule has 0 unspecified atom stereocenters. The SMILES string of the molecule is O=C(CN1CC[C@H](Oc2ccccc2F)[C@@H](O)CC1)N1CCOCC1. The normalized spacial score (nSPS) is 25.4. The molecular weight excluding hydrogens is 327 g/mol. The third-order valence-electron chi connectivity index (χ3n) is 4.74. The van der Waals surface area contributed by atoms with E-state index < -0.39 is 18.0 Å². The van der Waals surface area contributed by atoms with Gasteiger partial charge in [-0.25, -0.2) is 4.39 Å². The molecule has 0 radical (unpaired) electrons. The van der Waals surface area contributed by atoms with Gasteiger partial charge in [-0.2, -0.15) is 0 Å². The molecule has 0 bridgehead atoms. The number of benzene rings is 1. The number of nitrogens with zero attached hydrogens (tertiary/aromatic N) is 2. The van der Waals surface area contributed by atoms with E-state index in [0.717, 1.165) is 0 Å². The minimum Gasteiger partial charge on any atom is -0.485 e. The van der Waals surface area contributed by atoms with Gasteiger partial charge in [0.05, 0.1) is 25.9 Å². The van der Waals surface area contributed by atoms with Crippen LogP contribution in [0.2, 0.25) is 0 Å². The second-order valence-electron chi connectivity index (χ2n) is 6.50. The fourth-order valence-electron chi connectivity index (χ4n) is 3.22. The number of halogens is 1. The summed E-state index contributed by atoms with van der Waals surface area (Å²) in [5.74, 6) is -0.186. The molecule has 0 aromatic heterocycles. The molecule has 1 aromatic rings. The van der Waals surface area contributed by atoms with Gasteiger partial charge >= 0.3 is 0 Å². The Morgan fingerprint density at radius 2 is 1.92 bits per heavy atom. The summed E-state index contributed by atoms with van der Waals surface area (Å²) in [5, 5.41) is 10.3. The zero-order valence-electron chi connectivity index (χ0n) is 14.3. The van der Waals surface area contributed by atoms with E-state index in [1.54, 1.807) is 18.2 Å². The van der Waals surface area contributed by atoms with Gasteiger partial charge in [0.1, 0.15) is 6.10 Å². The first-order chi connectivity index (χ1) is 12.1. The van der Waals surface area contributed by atoms with Gasteiger partial charge in [-0.1, -0.05) is 12.1 Å². The van der Waals surface area contributed by atoms with Crippen molar-refractivity contribution in [3.8, 4) is 5.75 Å². The predicted octanol–water partition coefficient (Wildman–Crippen LogP) is 0.889. The Bertz CT molecular complexity index is 580. The van der Waals surface area contributed by atoms with Crippen LogP contribution >= 0.6 is 0 Å². The van der Waals surface area contributed by atoms with Crippen molar-refractivity contribution in [3.63, 3.8) is 0 Å². The maximum atomic E-state index is 13.8. The number of aliphatic hydroxyl groups is 1. The molecule has 6 nitrogen and oxygen atoms in total.